The molecule has 8 heteroatoms. The van der Waals surface area contributed by atoms with Gasteiger partial charge in [0.25, 0.3) is 5.91 Å². The second-order valence-electron chi connectivity index (χ2n) is 7.74. The fraction of sp³-hybridized carbons (Fsp3) is 0.280. The fourth-order valence-corrected chi connectivity index (χ4v) is 2.99. The highest BCUT2D eigenvalue weighted by molar-refractivity contribution is 6.04. The predicted octanol–water partition coefficient (Wildman–Crippen LogP) is 3.39. The van der Waals surface area contributed by atoms with Gasteiger partial charge in [-0.3, -0.25) is 9.59 Å². The minimum absolute atomic E-state index is 0.0763. The predicted molar refractivity (Wildman–Crippen MR) is 130 cm³/mol. The van der Waals surface area contributed by atoms with Crippen molar-refractivity contribution in [2.45, 2.75) is 19.7 Å². The Labute approximate surface area is 201 Å². The van der Waals surface area contributed by atoms with Crippen molar-refractivity contribution in [3.8, 4) is 0 Å². The Kier molecular flexibility index (Phi) is 5.40. The lowest BCUT2D eigenvalue weighted by Crippen LogP contribution is -2.22. The van der Waals surface area contributed by atoms with Gasteiger partial charge in [0.2, 0.25) is 0 Å². The van der Waals surface area contributed by atoms with E-state index in [4.69, 9.17) is 6.89 Å². The Morgan fingerprint density at radius 1 is 0.970 bits per heavy atom. The van der Waals surface area contributed by atoms with Gasteiger partial charge in [0, 0.05) is 56.9 Å². The molecule has 2 aromatic carbocycles. The van der Waals surface area contributed by atoms with E-state index in [2.05, 4.69) is 9.97 Å². The van der Waals surface area contributed by atoms with Crippen LogP contribution in [0.2, 0.25) is 1.41 Å². The first kappa shape index (κ1) is 17.6. The molecular weight excluding hydrogens is 418 g/mol. The van der Waals surface area contributed by atoms with E-state index in [1.54, 1.807) is 52.5 Å². The summed E-state index contributed by atoms with van der Waals surface area (Å²) in [6.45, 7) is 1.89. The number of carboxylic acids is 1. The molecule has 0 fully saturated rings. The first-order chi connectivity index (χ1) is 17.6. The SMILES string of the molecule is [2H]N(C(=O)c1ccc(C)cc1)c1ccc(C([2H])([2H])c2nc(N(C)C)c(C([2H])([2H])C(=O)O)c(N(C)C)n2)cc1. The van der Waals surface area contributed by atoms with Gasteiger partial charge in [0.15, 0.2) is 1.41 Å². The molecule has 33 heavy (non-hydrogen) atoms. The average Bonchev–Trinajstić information content (AvgIpc) is 2.87. The number of aliphatic carboxylic acids is 1. The average molecular weight is 453 g/mol. The van der Waals surface area contributed by atoms with E-state index in [1.807, 2.05) is 6.92 Å². The molecule has 3 aromatic rings. The first-order valence-corrected chi connectivity index (χ1v) is 10.1. The maximum atomic E-state index is 12.7. The second-order valence-corrected chi connectivity index (χ2v) is 7.74. The standard InChI is InChI=1S/C25H29N5O3/c1-16-6-10-18(11-7-16)25(33)26-19-12-8-17(9-13-19)14-21-27-23(29(2)3)20(15-22(31)32)24(28-21)30(4)5/h6-13H,14-15H2,1-5H3,(H,26,33)(H,31,32)/i14D2,15D2/hD. The van der Waals surface area contributed by atoms with Gasteiger partial charge in [0.05, 0.1) is 6.37 Å². The number of benzene rings is 2. The second kappa shape index (κ2) is 10.1. The van der Waals surface area contributed by atoms with E-state index in [-0.39, 0.29) is 34.3 Å². The van der Waals surface area contributed by atoms with Gasteiger partial charge in [-0.1, -0.05) is 29.8 Å². The number of amides is 1. The van der Waals surface area contributed by atoms with Crippen molar-refractivity contribution in [3.63, 3.8) is 0 Å². The molecule has 0 atom stereocenters. The number of aromatic nitrogens is 2. The highest BCUT2D eigenvalue weighted by Gasteiger charge is 2.20. The molecule has 0 aliphatic carbocycles. The molecule has 0 saturated carbocycles. The van der Waals surface area contributed by atoms with Gasteiger partial charge in [-0.2, -0.15) is 0 Å². The van der Waals surface area contributed by atoms with Crippen LogP contribution >= 0.6 is 0 Å². The number of carbonyl (C=O) groups is 2. The third-order valence-corrected chi connectivity index (χ3v) is 4.60. The fourth-order valence-electron chi connectivity index (χ4n) is 2.99. The van der Waals surface area contributed by atoms with Crippen LogP contribution in [0.5, 0.6) is 0 Å². The Morgan fingerprint density at radius 2 is 1.52 bits per heavy atom. The molecule has 1 aromatic heterocycles. The topological polar surface area (TPSA) is 98.7 Å². The van der Waals surface area contributed by atoms with Crippen LogP contribution in [0.4, 0.5) is 17.3 Å². The van der Waals surface area contributed by atoms with Gasteiger partial charge in [-0.25, -0.2) is 9.97 Å². The number of nitrogens with zero attached hydrogens (tertiary/aromatic N) is 4. The van der Waals surface area contributed by atoms with Gasteiger partial charge in [-0.15, -0.1) is 0 Å². The van der Waals surface area contributed by atoms with E-state index in [1.165, 1.54) is 34.1 Å². The number of aryl methyl sites for hydroxylation is 1. The Hall–Kier alpha value is -3.94. The maximum Gasteiger partial charge on any atom is 0.308 e. The summed E-state index contributed by atoms with van der Waals surface area (Å²) in [6.07, 6.45) is -5.12. The van der Waals surface area contributed by atoms with Gasteiger partial charge in [-0.05, 0) is 36.8 Å². The van der Waals surface area contributed by atoms with E-state index < -0.39 is 24.6 Å². The zero-order valence-electron chi connectivity index (χ0n) is 24.1. The number of hydrogen-bond acceptors (Lipinski definition) is 6. The highest BCUT2D eigenvalue weighted by atomic mass is 16.4. The van der Waals surface area contributed by atoms with Crippen molar-refractivity contribution in [3.05, 3.63) is 76.6 Å². The van der Waals surface area contributed by atoms with E-state index in [0.29, 0.717) is 5.56 Å². The van der Waals surface area contributed by atoms with Crippen LogP contribution in [0, 0.1) is 6.92 Å². The van der Waals surface area contributed by atoms with Crippen LogP contribution in [-0.4, -0.2) is 55.1 Å². The third kappa shape index (κ3) is 6.06. The quantitative estimate of drug-likeness (QED) is 0.540. The molecule has 1 heterocycles. The van der Waals surface area contributed by atoms with Gasteiger partial charge >= 0.3 is 5.97 Å². The summed E-state index contributed by atoms with van der Waals surface area (Å²) in [7, 11) is 6.19. The summed E-state index contributed by atoms with van der Waals surface area (Å²) in [5.41, 5.74) is 1.38. The molecule has 0 bridgehead atoms. The molecule has 0 aliphatic rings. The molecule has 0 unspecified atom stereocenters. The highest BCUT2D eigenvalue weighted by Crippen LogP contribution is 2.27. The van der Waals surface area contributed by atoms with Gasteiger partial charge in [0.1, 0.15) is 17.5 Å². The smallest absolute Gasteiger partial charge is 0.308 e. The molecule has 0 spiro atoms. The van der Waals surface area contributed by atoms with E-state index in [9.17, 15) is 14.7 Å². The summed E-state index contributed by atoms with van der Waals surface area (Å²) >= 11 is 0. The van der Waals surface area contributed by atoms with Crippen LogP contribution in [0.3, 0.4) is 0 Å². The Balaban J connectivity index is 2.04. The van der Waals surface area contributed by atoms with E-state index in [0.717, 1.165) is 10.9 Å². The van der Waals surface area contributed by atoms with Crippen molar-refractivity contribution in [2.24, 2.45) is 0 Å². The molecule has 0 radical (unpaired) electrons. The zero-order chi connectivity index (χ0) is 28.6. The molecule has 3 rings (SSSR count). The van der Waals surface area contributed by atoms with Crippen LogP contribution < -0.4 is 15.1 Å². The van der Waals surface area contributed by atoms with Gasteiger partial charge < -0.3 is 20.2 Å². The summed E-state index contributed by atoms with van der Waals surface area (Å²) in [5, 5.41) is 10.2. The maximum absolute atomic E-state index is 12.7. The molecular formula is C25H29N5O3. The number of nitrogens with one attached hydrogen (secondary N) is 1. The first-order valence-electron chi connectivity index (χ1n) is 12.5. The van der Waals surface area contributed by atoms with E-state index >= 15 is 0 Å². The van der Waals surface area contributed by atoms with Crippen LogP contribution in [-0.2, 0) is 17.5 Å². The van der Waals surface area contributed by atoms with Crippen molar-refractivity contribution in [2.75, 3.05) is 43.3 Å². The molecule has 0 aliphatic heterocycles. The Bertz CT molecular complexity index is 1320. The minimum Gasteiger partial charge on any atom is -0.481 e. The number of hydrogen-bond donors (Lipinski definition) is 2. The normalized spacial score (nSPS) is 13.7. The lowest BCUT2D eigenvalue weighted by Gasteiger charge is -2.22. The summed E-state index contributed by atoms with van der Waals surface area (Å²) in [4.78, 5) is 35.7. The minimum atomic E-state index is -2.84. The number of carbonyl (C=O) groups excluding carboxylic acids is 1. The third-order valence-electron chi connectivity index (χ3n) is 4.60. The lowest BCUT2D eigenvalue weighted by atomic mass is 10.1. The largest absolute Gasteiger partial charge is 0.481 e. The number of anilines is 3. The lowest BCUT2D eigenvalue weighted by molar-refractivity contribution is -0.136. The van der Waals surface area contributed by atoms with Crippen LogP contribution in [0.25, 0.3) is 0 Å². The van der Waals surface area contributed by atoms with Crippen LogP contribution in [0.1, 0.15) is 38.4 Å². The summed E-state index contributed by atoms with van der Waals surface area (Å²) in [6, 6.07) is 12.5. The number of carboxylic acid groups (broad SMARTS) is 1. The van der Waals surface area contributed by atoms with Crippen molar-refractivity contribution >= 4 is 29.2 Å². The van der Waals surface area contributed by atoms with Crippen molar-refractivity contribution in [1.29, 1.82) is 0 Å². The van der Waals surface area contributed by atoms with Crippen molar-refractivity contribution in [1.82, 2.24) is 9.97 Å². The Morgan fingerprint density at radius 3 is 2.00 bits per heavy atom. The van der Waals surface area contributed by atoms with Crippen molar-refractivity contribution < 1.29 is 21.6 Å². The molecule has 1 amide bonds. The van der Waals surface area contributed by atoms with Crippen LogP contribution in [0.15, 0.2) is 48.5 Å². The monoisotopic (exact) mass is 452 g/mol. The molecule has 172 valence electrons. The molecule has 2 N–H and O–H groups in total. The number of rotatable bonds is 8. The molecule has 0 saturated heterocycles. The summed E-state index contributed by atoms with van der Waals surface area (Å²) < 4.78 is 42.1. The zero-order valence-corrected chi connectivity index (χ0v) is 19.1. The summed E-state index contributed by atoms with van der Waals surface area (Å²) in [5.74, 6) is -2.72. The molecule has 8 nitrogen and oxygen atoms in total.